The highest BCUT2D eigenvalue weighted by atomic mass is 16.5. The lowest BCUT2D eigenvalue weighted by atomic mass is 9.98. The average molecular weight is 516 g/mol. The van der Waals surface area contributed by atoms with E-state index in [4.69, 9.17) is 4.74 Å². The van der Waals surface area contributed by atoms with Gasteiger partial charge in [0.05, 0.1) is 30.3 Å². The molecule has 1 aliphatic rings. The van der Waals surface area contributed by atoms with Crippen molar-refractivity contribution in [3.8, 4) is 5.75 Å². The predicted octanol–water partition coefficient (Wildman–Crippen LogP) is 4.22. The Morgan fingerprint density at radius 3 is 2.37 bits per heavy atom. The fourth-order valence-electron chi connectivity index (χ4n) is 4.80. The summed E-state index contributed by atoms with van der Waals surface area (Å²) in [6.45, 7) is 5.60. The highest BCUT2D eigenvalue weighted by molar-refractivity contribution is 6.02. The summed E-state index contributed by atoms with van der Waals surface area (Å²) in [6.07, 6.45) is -0.0395. The zero-order valence-corrected chi connectivity index (χ0v) is 22.3. The molecule has 0 aromatic heterocycles. The van der Waals surface area contributed by atoms with Gasteiger partial charge in [-0.1, -0.05) is 73.7 Å². The molecule has 0 bridgehead atoms. The van der Waals surface area contributed by atoms with Crippen molar-refractivity contribution in [2.24, 2.45) is 5.92 Å². The van der Waals surface area contributed by atoms with Crippen LogP contribution in [-0.2, 0) is 17.8 Å². The van der Waals surface area contributed by atoms with Crippen molar-refractivity contribution in [3.63, 3.8) is 0 Å². The Labute approximate surface area is 225 Å². The van der Waals surface area contributed by atoms with Crippen molar-refractivity contribution in [1.82, 2.24) is 9.80 Å². The fraction of sp³-hybridized carbons (Fsp3) is 0.355. The van der Waals surface area contributed by atoms with Crippen LogP contribution < -0.4 is 10.1 Å². The lowest BCUT2D eigenvalue weighted by Gasteiger charge is -2.38. The zero-order valence-electron chi connectivity index (χ0n) is 22.3. The van der Waals surface area contributed by atoms with Crippen LogP contribution in [0.5, 0.6) is 5.75 Å². The number of para-hydroxylation sites is 1. The second-order valence-corrected chi connectivity index (χ2v) is 10.2. The van der Waals surface area contributed by atoms with E-state index in [-0.39, 0.29) is 42.9 Å². The van der Waals surface area contributed by atoms with Gasteiger partial charge in [-0.2, -0.15) is 0 Å². The van der Waals surface area contributed by atoms with Crippen LogP contribution in [0.4, 0.5) is 5.69 Å². The second-order valence-electron chi connectivity index (χ2n) is 10.2. The van der Waals surface area contributed by atoms with Crippen LogP contribution in [-0.4, -0.2) is 65.6 Å². The molecule has 1 aliphatic heterocycles. The third-order valence-corrected chi connectivity index (χ3v) is 6.96. The van der Waals surface area contributed by atoms with E-state index in [1.165, 1.54) is 5.56 Å². The molecule has 0 fully saturated rings. The smallest absolute Gasteiger partial charge is 0.258 e. The first-order chi connectivity index (χ1) is 18.4. The summed E-state index contributed by atoms with van der Waals surface area (Å²) < 4.78 is 6.61. The number of hydrogen-bond acceptors (Lipinski definition) is 5. The molecule has 0 saturated carbocycles. The molecule has 200 valence electrons. The summed E-state index contributed by atoms with van der Waals surface area (Å²) in [4.78, 5) is 30.5. The van der Waals surface area contributed by atoms with Crippen molar-refractivity contribution < 1.29 is 19.4 Å². The van der Waals surface area contributed by atoms with Crippen molar-refractivity contribution in [2.75, 3.05) is 32.1 Å². The first-order valence-electron chi connectivity index (χ1n) is 13.1. The Hall–Kier alpha value is -3.68. The third-order valence-electron chi connectivity index (χ3n) is 6.96. The van der Waals surface area contributed by atoms with Crippen LogP contribution in [0.2, 0.25) is 0 Å². The number of nitrogens with zero attached hydrogens (tertiary/aromatic N) is 2. The van der Waals surface area contributed by atoms with Crippen molar-refractivity contribution in [3.05, 3.63) is 95.6 Å². The van der Waals surface area contributed by atoms with E-state index >= 15 is 0 Å². The van der Waals surface area contributed by atoms with Gasteiger partial charge >= 0.3 is 0 Å². The maximum Gasteiger partial charge on any atom is 0.258 e. The number of ether oxygens (including phenoxy) is 1. The van der Waals surface area contributed by atoms with Crippen LogP contribution >= 0.6 is 0 Å². The molecule has 0 unspecified atom stereocenters. The molecule has 2 amide bonds. The Bertz CT molecular complexity index is 1220. The third kappa shape index (κ3) is 6.79. The summed E-state index contributed by atoms with van der Waals surface area (Å²) >= 11 is 0. The van der Waals surface area contributed by atoms with Crippen LogP contribution in [0.1, 0.15) is 35.3 Å². The van der Waals surface area contributed by atoms with Gasteiger partial charge in [0, 0.05) is 25.6 Å². The molecular formula is C31H37N3O4. The van der Waals surface area contributed by atoms with Gasteiger partial charge in [-0.25, -0.2) is 0 Å². The maximum absolute atomic E-state index is 13.6. The Morgan fingerprint density at radius 1 is 1.05 bits per heavy atom. The lowest BCUT2D eigenvalue weighted by Crippen LogP contribution is -2.49. The lowest BCUT2D eigenvalue weighted by molar-refractivity contribution is -0.115. The van der Waals surface area contributed by atoms with Crippen LogP contribution in [0.15, 0.2) is 78.9 Å². The standard InChI is InChI=1S/C31H37N3O4/c1-22-18-34(23(2)21-35)31(37)26-15-10-16-27(32-29(36)17-24-11-6-4-7-12-24)30(26)38-28(22)20-33(3)19-25-13-8-5-9-14-25/h4-16,22-23,28,35H,17-21H2,1-3H3,(H,32,36)/t22-,23+,28+/m0/s1. The Balaban J connectivity index is 1.63. The van der Waals surface area contributed by atoms with E-state index < -0.39 is 0 Å². The number of aliphatic hydroxyl groups is 1. The van der Waals surface area contributed by atoms with Gasteiger partial charge in [-0.15, -0.1) is 0 Å². The number of aliphatic hydroxyl groups excluding tert-OH is 1. The van der Waals surface area contributed by atoms with Gasteiger partial charge in [0.2, 0.25) is 5.91 Å². The molecular weight excluding hydrogens is 478 g/mol. The number of hydrogen-bond donors (Lipinski definition) is 2. The Kier molecular flexibility index (Phi) is 9.15. The molecule has 0 saturated heterocycles. The molecule has 3 atom stereocenters. The Morgan fingerprint density at radius 2 is 1.71 bits per heavy atom. The van der Waals surface area contributed by atoms with E-state index in [1.54, 1.807) is 23.1 Å². The molecule has 3 aromatic rings. The van der Waals surface area contributed by atoms with E-state index in [0.29, 0.717) is 30.1 Å². The monoisotopic (exact) mass is 515 g/mol. The molecule has 0 aliphatic carbocycles. The number of carbonyl (C=O) groups excluding carboxylic acids is 2. The largest absolute Gasteiger partial charge is 0.486 e. The molecule has 4 rings (SSSR count). The topological polar surface area (TPSA) is 82.1 Å². The van der Waals surface area contributed by atoms with E-state index in [9.17, 15) is 14.7 Å². The van der Waals surface area contributed by atoms with Crippen LogP contribution in [0.25, 0.3) is 0 Å². The van der Waals surface area contributed by atoms with Crippen molar-refractivity contribution in [1.29, 1.82) is 0 Å². The zero-order chi connectivity index (χ0) is 27.1. The number of carbonyl (C=O) groups is 2. The van der Waals surface area contributed by atoms with Gasteiger partial charge in [-0.05, 0) is 37.2 Å². The second kappa shape index (κ2) is 12.7. The SMILES string of the molecule is C[C@H](CO)N1C[C@H](C)[C@@H](CN(C)Cc2ccccc2)Oc2c(NC(=O)Cc3ccccc3)cccc2C1=O. The van der Waals surface area contributed by atoms with E-state index in [2.05, 4.69) is 36.3 Å². The maximum atomic E-state index is 13.6. The van der Waals surface area contributed by atoms with Crippen LogP contribution in [0, 0.1) is 5.92 Å². The summed E-state index contributed by atoms with van der Waals surface area (Å²) in [7, 11) is 2.05. The van der Waals surface area contributed by atoms with Gasteiger partial charge in [0.25, 0.3) is 5.91 Å². The highest BCUT2D eigenvalue weighted by Gasteiger charge is 2.34. The predicted molar refractivity (Wildman–Crippen MR) is 149 cm³/mol. The number of amides is 2. The number of likely N-dealkylation sites (N-methyl/N-ethyl adjacent to an activating group) is 1. The first-order valence-corrected chi connectivity index (χ1v) is 13.1. The summed E-state index contributed by atoms with van der Waals surface area (Å²) in [6, 6.07) is 24.7. The van der Waals surface area contributed by atoms with Gasteiger partial charge in [-0.3, -0.25) is 14.5 Å². The molecule has 1 heterocycles. The molecule has 0 radical (unpaired) electrons. The number of benzene rings is 3. The number of anilines is 1. The van der Waals surface area contributed by atoms with E-state index in [1.807, 2.05) is 55.5 Å². The quantitative estimate of drug-likeness (QED) is 0.446. The van der Waals surface area contributed by atoms with Crippen molar-refractivity contribution in [2.45, 2.75) is 39.0 Å². The minimum atomic E-state index is -0.352. The average Bonchev–Trinajstić information content (AvgIpc) is 2.91. The minimum absolute atomic E-state index is 0.0209. The minimum Gasteiger partial charge on any atom is -0.486 e. The molecule has 7 heteroatoms. The highest BCUT2D eigenvalue weighted by Crippen LogP contribution is 2.35. The summed E-state index contributed by atoms with van der Waals surface area (Å²) in [5, 5.41) is 12.9. The normalized spacial score (nSPS) is 18.2. The van der Waals surface area contributed by atoms with Crippen molar-refractivity contribution >= 4 is 17.5 Å². The van der Waals surface area contributed by atoms with E-state index in [0.717, 1.165) is 12.1 Å². The van der Waals surface area contributed by atoms with Gasteiger partial charge in [0.15, 0.2) is 5.75 Å². The van der Waals surface area contributed by atoms with Gasteiger partial charge in [0.1, 0.15) is 6.10 Å². The molecule has 2 N–H and O–H groups in total. The molecule has 0 spiro atoms. The summed E-state index contributed by atoms with van der Waals surface area (Å²) in [5.41, 5.74) is 2.95. The number of fused-ring (bicyclic) bond motifs is 1. The number of rotatable bonds is 9. The fourth-order valence-corrected chi connectivity index (χ4v) is 4.80. The molecule has 7 nitrogen and oxygen atoms in total. The van der Waals surface area contributed by atoms with Crippen LogP contribution in [0.3, 0.4) is 0 Å². The summed E-state index contributed by atoms with van der Waals surface area (Å²) in [5.74, 6) is -0.0520. The number of nitrogens with one attached hydrogen (secondary N) is 1. The molecule has 3 aromatic carbocycles. The molecule has 38 heavy (non-hydrogen) atoms. The first kappa shape index (κ1) is 27.4. The van der Waals surface area contributed by atoms with Gasteiger partial charge < -0.3 is 20.1 Å².